The SMILES string of the molecule is C[Si](C)(C)CNCCC(=O)O. The molecule has 0 aromatic heterocycles. The zero-order chi connectivity index (χ0) is 8.91. The van der Waals surface area contributed by atoms with Gasteiger partial charge in [0.2, 0.25) is 0 Å². The van der Waals surface area contributed by atoms with E-state index in [-0.39, 0.29) is 6.42 Å². The van der Waals surface area contributed by atoms with Crippen molar-refractivity contribution < 1.29 is 9.90 Å². The third kappa shape index (κ3) is 9.65. The molecule has 0 aliphatic heterocycles. The van der Waals surface area contributed by atoms with Crippen molar-refractivity contribution in [3.8, 4) is 0 Å². The number of nitrogens with one attached hydrogen (secondary N) is 1. The molecule has 0 atom stereocenters. The van der Waals surface area contributed by atoms with Crippen LogP contribution < -0.4 is 5.32 Å². The van der Waals surface area contributed by atoms with Gasteiger partial charge in [-0.1, -0.05) is 19.6 Å². The fourth-order valence-electron chi connectivity index (χ4n) is 0.659. The average molecular weight is 175 g/mol. The van der Waals surface area contributed by atoms with Crippen LogP contribution in [-0.4, -0.2) is 31.9 Å². The maximum Gasteiger partial charge on any atom is 0.304 e. The third-order valence-corrected chi connectivity index (χ3v) is 2.48. The van der Waals surface area contributed by atoms with Gasteiger partial charge in [0.25, 0.3) is 0 Å². The van der Waals surface area contributed by atoms with Gasteiger partial charge in [0.1, 0.15) is 0 Å². The first-order valence-corrected chi connectivity index (χ1v) is 7.55. The number of carbonyl (C=O) groups is 1. The van der Waals surface area contributed by atoms with Gasteiger partial charge in [-0.2, -0.15) is 0 Å². The number of aliphatic carboxylic acids is 1. The Morgan fingerprint density at radius 1 is 1.45 bits per heavy atom. The molecule has 3 nitrogen and oxygen atoms in total. The second-order valence-corrected chi connectivity index (χ2v) is 9.36. The molecule has 0 aliphatic rings. The van der Waals surface area contributed by atoms with Crippen LogP contribution in [0.25, 0.3) is 0 Å². The largest absolute Gasteiger partial charge is 0.481 e. The Kier molecular flexibility index (Phi) is 4.36. The minimum atomic E-state index is -1.03. The molecule has 66 valence electrons. The molecule has 0 radical (unpaired) electrons. The Hall–Kier alpha value is -0.353. The summed E-state index contributed by atoms with van der Waals surface area (Å²) in [4.78, 5) is 10.1. The van der Waals surface area contributed by atoms with Crippen LogP contribution >= 0.6 is 0 Å². The maximum atomic E-state index is 10.1. The van der Waals surface area contributed by atoms with Crippen molar-refractivity contribution in [1.29, 1.82) is 0 Å². The first-order chi connectivity index (χ1) is 4.92. The van der Waals surface area contributed by atoms with Gasteiger partial charge < -0.3 is 10.4 Å². The smallest absolute Gasteiger partial charge is 0.304 e. The molecule has 0 bridgehead atoms. The van der Waals surface area contributed by atoms with Crippen molar-refractivity contribution in [2.75, 3.05) is 12.7 Å². The molecule has 0 rings (SSSR count). The quantitative estimate of drug-likeness (QED) is 0.483. The number of hydrogen-bond donors (Lipinski definition) is 2. The van der Waals surface area contributed by atoms with Crippen molar-refractivity contribution in [2.24, 2.45) is 0 Å². The van der Waals surface area contributed by atoms with Crippen LogP contribution in [0.15, 0.2) is 0 Å². The molecule has 0 unspecified atom stereocenters. The van der Waals surface area contributed by atoms with Crippen LogP contribution in [0.1, 0.15) is 6.42 Å². The molecule has 0 amide bonds. The molecule has 0 aliphatic carbocycles. The molecular weight excluding hydrogens is 158 g/mol. The zero-order valence-corrected chi connectivity index (χ0v) is 8.48. The molecule has 11 heavy (non-hydrogen) atoms. The summed E-state index contributed by atoms with van der Waals surface area (Å²) in [6, 6.07) is 0. The number of carboxylic acid groups (broad SMARTS) is 1. The lowest BCUT2D eigenvalue weighted by Crippen LogP contribution is -2.37. The Morgan fingerprint density at radius 3 is 2.36 bits per heavy atom. The van der Waals surface area contributed by atoms with E-state index in [1.54, 1.807) is 0 Å². The zero-order valence-electron chi connectivity index (χ0n) is 7.48. The van der Waals surface area contributed by atoms with Gasteiger partial charge in [-0.15, -0.1) is 0 Å². The lowest BCUT2D eigenvalue weighted by Gasteiger charge is -2.15. The topological polar surface area (TPSA) is 49.3 Å². The van der Waals surface area contributed by atoms with Crippen LogP contribution in [-0.2, 0) is 4.79 Å². The van der Waals surface area contributed by atoms with E-state index in [1.807, 2.05) is 0 Å². The van der Waals surface area contributed by atoms with Gasteiger partial charge in [-0.05, 0) is 6.17 Å². The highest BCUT2D eigenvalue weighted by atomic mass is 28.3. The first kappa shape index (κ1) is 10.6. The Balaban J connectivity index is 3.22. The van der Waals surface area contributed by atoms with Gasteiger partial charge >= 0.3 is 5.97 Å². The summed E-state index contributed by atoms with van der Waals surface area (Å²) < 4.78 is 0. The predicted octanol–water partition coefficient (Wildman–Crippen LogP) is 0.928. The maximum absolute atomic E-state index is 10.1. The van der Waals surface area contributed by atoms with E-state index in [2.05, 4.69) is 25.0 Å². The molecule has 2 N–H and O–H groups in total. The summed E-state index contributed by atoms with van der Waals surface area (Å²) in [5, 5.41) is 11.5. The van der Waals surface area contributed by atoms with Crippen molar-refractivity contribution in [1.82, 2.24) is 5.32 Å². The Morgan fingerprint density at radius 2 is 2.00 bits per heavy atom. The number of hydrogen-bond acceptors (Lipinski definition) is 2. The van der Waals surface area contributed by atoms with Gasteiger partial charge in [-0.25, -0.2) is 0 Å². The molecule has 4 heteroatoms. The first-order valence-electron chi connectivity index (χ1n) is 3.84. The molecule has 0 saturated carbocycles. The van der Waals surface area contributed by atoms with Crippen LogP contribution in [0.4, 0.5) is 0 Å². The van der Waals surface area contributed by atoms with E-state index in [0.29, 0.717) is 6.54 Å². The number of carboxylic acids is 1. The van der Waals surface area contributed by atoms with Crippen molar-refractivity contribution >= 4 is 14.0 Å². The summed E-state index contributed by atoms with van der Waals surface area (Å²) in [6.45, 7) is 7.35. The van der Waals surface area contributed by atoms with Crippen LogP contribution in [0.5, 0.6) is 0 Å². The predicted molar refractivity (Wildman–Crippen MR) is 48.5 cm³/mol. The molecule has 0 fully saturated rings. The van der Waals surface area contributed by atoms with Gasteiger partial charge in [0, 0.05) is 6.54 Å². The average Bonchev–Trinajstić information content (AvgIpc) is 1.78. The standard InChI is InChI=1S/C7H17NO2Si/c1-11(2,3)6-8-5-4-7(9)10/h8H,4-6H2,1-3H3,(H,9,10). The molecule has 0 aromatic rings. The van der Waals surface area contributed by atoms with Crippen LogP contribution in [0, 0.1) is 0 Å². The normalized spacial score (nSPS) is 11.5. The van der Waals surface area contributed by atoms with Gasteiger partial charge in [-0.3, -0.25) is 4.79 Å². The van der Waals surface area contributed by atoms with Crippen LogP contribution in [0.2, 0.25) is 19.6 Å². The monoisotopic (exact) mass is 175 g/mol. The minimum Gasteiger partial charge on any atom is -0.481 e. The van der Waals surface area contributed by atoms with Crippen LogP contribution in [0.3, 0.4) is 0 Å². The van der Waals surface area contributed by atoms with Gasteiger partial charge in [0.15, 0.2) is 0 Å². The fourth-order valence-corrected chi connectivity index (χ4v) is 1.59. The van der Waals surface area contributed by atoms with E-state index in [4.69, 9.17) is 5.11 Å². The Bertz CT molecular complexity index is 131. The molecular formula is C7H17NO2Si. The molecule has 0 aromatic carbocycles. The summed E-state index contributed by atoms with van der Waals surface area (Å²) >= 11 is 0. The summed E-state index contributed by atoms with van der Waals surface area (Å²) in [6.07, 6.45) is 1.23. The van der Waals surface area contributed by atoms with E-state index in [1.165, 1.54) is 0 Å². The van der Waals surface area contributed by atoms with Gasteiger partial charge in [0.05, 0.1) is 14.5 Å². The summed E-state index contributed by atoms with van der Waals surface area (Å²) in [7, 11) is -1.03. The van der Waals surface area contributed by atoms with Crippen molar-refractivity contribution in [3.05, 3.63) is 0 Å². The molecule has 0 saturated heterocycles. The molecule has 0 spiro atoms. The molecule has 0 heterocycles. The highest BCUT2D eigenvalue weighted by molar-refractivity contribution is 6.76. The third-order valence-electron chi connectivity index (χ3n) is 1.17. The number of rotatable bonds is 5. The van der Waals surface area contributed by atoms with E-state index in [9.17, 15) is 4.79 Å². The van der Waals surface area contributed by atoms with E-state index < -0.39 is 14.0 Å². The lowest BCUT2D eigenvalue weighted by molar-refractivity contribution is -0.136. The second kappa shape index (κ2) is 4.51. The lowest BCUT2D eigenvalue weighted by atomic mass is 10.4. The summed E-state index contributed by atoms with van der Waals surface area (Å²) in [5.41, 5.74) is 0. The Labute approximate surface area is 68.8 Å². The van der Waals surface area contributed by atoms with Crippen molar-refractivity contribution in [2.45, 2.75) is 26.1 Å². The highest BCUT2D eigenvalue weighted by Crippen LogP contribution is 1.96. The van der Waals surface area contributed by atoms with E-state index in [0.717, 1.165) is 6.17 Å². The minimum absolute atomic E-state index is 0.227. The second-order valence-electron chi connectivity index (χ2n) is 3.88. The summed E-state index contributed by atoms with van der Waals surface area (Å²) in [5.74, 6) is -0.729. The van der Waals surface area contributed by atoms with Crippen molar-refractivity contribution in [3.63, 3.8) is 0 Å². The fraction of sp³-hybridized carbons (Fsp3) is 0.857. The van der Waals surface area contributed by atoms with E-state index >= 15 is 0 Å². The highest BCUT2D eigenvalue weighted by Gasteiger charge is 2.11.